The summed E-state index contributed by atoms with van der Waals surface area (Å²) in [6.45, 7) is 4.95. The third-order valence-corrected chi connectivity index (χ3v) is 6.55. The van der Waals surface area contributed by atoms with E-state index in [1.807, 2.05) is 36.4 Å². The van der Waals surface area contributed by atoms with Gasteiger partial charge in [-0.2, -0.15) is 5.26 Å². The molecule has 11 heteroatoms. The van der Waals surface area contributed by atoms with Crippen LogP contribution >= 0.6 is 0 Å². The minimum Gasteiger partial charge on any atom is -0.388 e. The molecule has 11 nitrogen and oxygen atoms in total. The maximum atomic E-state index is 12.5. The first-order valence-corrected chi connectivity index (χ1v) is 12.2. The molecule has 1 amide bonds. The van der Waals surface area contributed by atoms with Crippen molar-refractivity contribution in [1.29, 1.82) is 5.26 Å². The first-order valence-electron chi connectivity index (χ1n) is 12.2. The molecule has 1 unspecified atom stereocenters. The van der Waals surface area contributed by atoms with Crippen LogP contribution in [0.2, 0.25) is 0 Å². The van der Waals surface area contributed by atoms with Crippen molar-refractivity contribution in [3.05, 3.63) is 47.5 Å². The minimum absolute atomic E-state index is 0.160. The number of carbonyl (C=O) groups excluding carboxylic acids is 1. The molecule has 0 saturated carbocycles. The zero-order valence-corrected chi connectivity index (χ0v) is 20.3. The van der Waals surface area contributed by atoms with E-state index in [2.05, 4.69) is 21.6 Å². The predicted molar refractivity (Wildman–Crippen MR) is 135 cm³/mol. The van der Waals surface area contributed by atoms with Gasteiger partial charge in [-0.05, 0) is 40.6 Å². The van der Waals surface area contributed by atoms with Crippen LogP contribution in [0.4, 0.5) is 5.69 Å². The standard InChI is InChI=1S/C26H32N4O7/c27-14-19(25(34)29-15-21-22(31)23(32)24(33)26(35)37-21)12-16-1-2-18-13-20(4-3-17(18)11-16)28-5-6-30-7-9-36-10-8-30/h1-4,11-13,21-24,26,28,31-33,35H,5-10,15H2,(H,29,34)/b19-12+/t21-,22-,23+,24-,26?/m1/s1. The molecule has 0 bridgehead atoms. The number of anilines is 1. The zero-order chi connectivity index (χ0) is 26.4. The highest BCUT2D eigenvalue weighted by molar-refractivity contribution is 6.02. The number of carbonyl (C=O) groups is 1. The van der Waals surface area contributed by atoms with Crippen LogP contribution in [0.3, 0.4) is 0 Å². The number of hydrogen-bond donors (Lipinski definition) is 6. The molecule has 2 aliphatic rings. The van der Waals surface area contributed by atoms with Crippen LogP contribution in [-0.2, 0) is 14.3 Å². The second kappa shape index (κ2) is 12.4. The zero-order valence-electron chi connectivity index (χ0n) is 20.3. The van der Waals surface area contributed by atoms with Gasteiger partial charge in [0.25, 0.3) is 5.91 Å². The Bertz CT molecular complexity index is 1160. The van der Waals surface area contributed by atoms with Crippen LogP contribution in [0.5, 0.6) is 0 Å². The molecular formula is C26H32N4O7. The number of nitrogens with zero attached hydrogens (tertiary/aromatic N) is 2. The van der Waals surface area contributed by atoms with Crippen molar-refractivity contribution in [2.24, 2.45) is 0 Å². The molecular weight excluding hydrogens is 480 g/mol. The van der Waals surface area contributed by atoms with Crippen molar-refractivity contribution in [1.82, 2.24) is 10.2 Å². The Hall–Kier alpha value is -3.08. The van der Waals surface area contributed by atoms with Gasteiger partial charge in [0.2, 0.25) is 0 Å². The fourth-order valence-corrected chi connectivity index (χ4v) is 4.35. The van der Waals surface area contributed by atoms with Crippen LogP contribution < -0.4 is 10.6 Å². The molecule has 198 valence electrons. The van der Waals surface area contributed by atoms with E-state index < -0.39 is 36.6 Å². The number of aliphatic hydroxyl groups is 4. The molecule has 2 fully saturated rings. The summed E-state index contributed by atoms with van der Waals surface area (Å²) in [6.07, 6.45) is -6.22. The highest BCUT2D eigenvalue weighted by Crippen LogP contribution is 2.22. The van der Waals surface area contributed by atoms with E-state index in [1.54, 1.807) is 0 Å². The summed E-state index contributed by atoms with van der Waals surface area (Å²) in [5, 5.41) is 56.3. The van der Waals surface area contributed by atoms with E-state index in [-0.39, 0.29) is 12.1 Å². The van der Waals surface area contributed by atoms with Gasteiger partial charge in [0.1, 0.15) is 36.1 Å². The van der Waals surface area contributed by atoms with E-state index in [4.69, 9.17) is 9.47 Å². The van der Waals surface area contributed by atoms with Crippen LogP contribution in [0.1, 0.15) is 5.56 Å². The fourth-order valence-electron chi connectivity index (χ4n) is 4.35. The summed E-state index contributed by atoms with van der Waals surface area (Å²) in [5.74, 6) is -0.701. The highest BCUT2D eigenvalue weighted by atomic mass is 16.6. The number of amides is 1. The summed E-state index contributed by atoms with van der Waals surface area (Å²) in [4.78, 5) is 14.9. The van der Waals surface area contributed by atoms with Gasteiger partial charge in [-0.1, -0.05) is 18.2 Å². The average Bonchev–Trinajstić information content (AvgIpc) is 2.92. The number of morpholine rings is 1. The van der Waals surface area contributed by atoms with Crippen molar-refractivity contribution in [3.63, 3.8) is 0 Å². The molecule has 6 N–H and O–H groups in total. The Balaban J connectivity index is 1.35. The molecule has 0 aromatic heterocycles. The maximum absolute atomic E-state index is 12.5. The van der Waals surface area contributed by atoms with E-state index in [9.17, 15) is 30.5 Å². The van der Waals surface area contributed by atoms with E-state index in [0.717, 1.165) is 55.9 Å². The summed E-state index contributed by atoms with van der Waals surface area (Å²) in [5.41, 5.74) is 1.51. The minimum atomic E-state index is -1.70. The first-order chi connectivity index (χ1) is 17.9. The van der Waals surface area contributed by atoms with Gasteiger partial charge in [-0.25, -0.2) is 0 Å². The van der Waals surface area contributed by atoms with Crippen LogP contribution in [-0.4, -0.2) is 108 Å². The normalized spacial score (nSPS) is 27.0. The lowest BCUT2D eigenvalue weighted by molar-refractivity contribution is -0.280. The van der Waals surface area contributed by atoms with Crippen LogP contribution in [0.15, 0.2) is 42.0 Å². The van der Waals surface area contributed by atoms with Crippen LogP contribution in [0.25, 0.3) is 16.8 Å². The molecule has 2 aromatic carbocycles. The Morgan fingerprint density at radius 1 is 1.05 bits per heavy atom. The summed E-state index contributed by atoms with van der Waals surface area (Å²) >= 11 is 0. The van der Waals surface area contributed by atoms with Gasteiger partial charge in [0.05, 0.1) is 13.2 Å². The van der Waals surface area contributed by atoms with E-state index >= 15 is 0 Å². The maximum Gasteiger partial charge on any atom is 0.262 e. The van der Waals surface area contributed by atoms with E-state index in [0.29, 0.717) is 5.56 Å². The summed E-state index contributed by atoms with van der Waals surface area (Å²) in [6, 6.07) is 13.5. The molecule has 5 atom stereocenters. The first kappa shape index (κ1) is 27.0. The van der Waals surface area contributed by atoms with Crippen LogP contribution in [0, 0.1) is 11.3 Å². The molecule has 2 saturated heterocycles. The molecule has 2 heterocycles. The highest BCUT2D eigenvalue weighted by Gasteiger charge is 2.42. The largest absolute Gasteiger partial charge is 0.388 e. The molecule has 0 spiro atoms. The van der Waals surface area contributed by atoms with Crippen molar-refractivity contribution < 1.29 is 34.7 Å². The van der Waals surface area contributed by atoms with Gasteiger partial charge in [-0.3, -0.25) is 9.69 Å². The average molecular weight is 513 g/mol. The number of ether oxygens (including phenoxy) is 2. The smallest absolute Gasteiger partial charge is 0.262 e. The second-order valence-electron chi connectivity index (χ2n) is 9.12. The lowest BCUT2D eigenvalue weighted by Gasteiger charge is -2.38. The van der Waals surface area contributed by atoms with Crippen molar-refractivity contribution in [2.45, 2.75) is 30.7 Å². The molecule has 0 radical (unpaired) electrons. The molecule has 2 aromatic rings. The Kier molecular flexibility index (Phi) is 9.07. The Labute approximate surface area is 214 Å². The van der Waals surface area contributed by atoms with Gasteiger partial charge in [-0.15, -0.1) is 0 Å². The number of nitrogens with one attached hydrogen (secondary N) is 2. The summed E-state index contributed by atoms with van der Waals surface area (Å²) in [7, 11) is 0. The van der Waals surface area contributed by atoms with Gasteiger partial charge < -0.3 is 40.5 Å². The SMILES string of the molecule is N#C/C(=C\c1ccc2cc(NCCN3CCOCC3)ccc2c1)C(=O)NC[C@H]1OC(O)[C@H](O)[C@@H](O)[C@@H]1O. The van der Waals surface area contributed by atoms with Crippen molar-refractivity contribution in [3.8, 4) is 6.07 Å². The fraction of sp³-hybridized carbons (Fsp3) is 0.462. The lowest BCUT2D eigenvalue weighted by atomic mass is 9.99. The third kappa shape index (κ3) is 6.82. The topological polar surface area (TPSA) is 168 Å². The molecule has 0 aliphatic carbocycles. The molecule has 37 heavy (non-hydrogen) atoms. The van der Waals surface area contributed by atoms with Gasteiger partial charge >= 0.3 is 0 Å². The summed E-state index contributed by atoms with van der Waals surface area (Å²) < 4.78 is 10.4. The lowest BCUT2D eigenvalue weighted by Crippen LogP contribution is -2.60. The Morgan fingerprint density at radius 3 is 2.54 bits per heavy atom. The molecule has 4 rings (SSSR count). The van der Waals surface area contributed by atoms with E-state index in [1.165, 1.54) is 6.08 Å². The Morgan fingerprint density at radius 2 is 1.78 bits per heavy atom. The number of nitriles is 1. The monoisotopic (exact) mass is 512 g/mol. The van der Waals surface area contributed by atoms with Crippen molar-refractivity contribution >= 4 is 28.4 Å². The number of fused-ring (bicyclic) bond motifs is 1. The number of aliphatic hydroxyl groups excluding tert-OH is 4. The third-order valence-electron chi connectivity index (χ3n) is 6.55. The van der Waals surface area contributed by atoms with Crippen molar-refractivity contribution in [2.75, 3.05) is 51.3 Å². The second-order valence-corrected chi connectivity index (χ2v) is 9.12. The number of rotatable bonds is 8. The number of benzene rings is 2. The quantitative estimate of drug-likeness (QED) is 0.199. The number of hydrogen-bond acceptors (Lipinski definition) is 10. The predicted octanol–water partition coefficient (Wildman–Crippen LogP) is -0.593. The van der Waals surface area contributed by atoms with Gasteiger partial charge in [0, 0.05) is 38.4 Å². The van der Waals surface area contributed by atoms with Gasteiger partial charge in [0.15, 0.2) is 6.29 Å². The molecule has 2 aliphatic heterocycles.